The number of hydrogen-bond acceptors (Lipinski definition) is 2. The predicted octanol–water partition coefficient (Wildman–Crippen LogP) is 4.01. The van der Waals surface area contributed by atoms with Gasteiger partial charge in [0.15, 0.2) is 11.6 Å². The normalized spacial score (nSPS) is 10.3. The molecular formula is C14H12BrFO2. The molecule has 0 atom stereocenters. The lowest BCUT2D eigenvalue weighted by Crippen LogP contribution is -2.00. The van der Waals surface area contributed by atoms with E-state index in [2.05, 4.69) is 15.9 Å². The number of rotatable bonds is 4. The number of phenolic OH excluding ortho intramolecular Hbond substituents is 1. The average Bonchev–Trinajstić information content (AvgIpc) is 2.37. The highest BCUT2D eigenvalue weighted by molar-refractivity contribution is 9.08. The Morgan fingerprint density at radius 1 is 1.17 bits per heavy atom. The van der Waals surface area contributed by atoms with Crippen molar-refractivity contribution in [3.63, 3.8) is 0 Å². The SMILES string of the molecule is Oc1cccc(COc2c(F)cccc2CBr)c1. The number of benzene rings is 2. The van der Waals surface area contributed by atoms with Crippen molar-refractivity contribution >= 4 is 15.9 Å². The Balaban J connectivity index is 2.15. The monoisotopic (exact) mass is 310 g/mol. The summed E-state index contributed by atoms with van der Waals surface area (Å²) in [6.07, 6.45) is 0. The highest BCUT2D eigenvalue weighted by Crippen LogP contribution is 2.26. The van der Waals surface area contributed by atoms with E-state index in [4.69, 9.17) is 4.74 Å². The highest BCUT2D eigenvalue weighted by atomic mass is 79.9. The van der Waals surface area contributed by atoms with Crippen LogP contribution >= 0.6 is 15.9 Å². The molecule has 0 unspecified atom stereocenters. The maximum absolute atomic E-state index is 13.6. The van der Waals surface area contributed by atoms with Crippen LogP contribution in [0.2, 0.25) is 0 Å². The van der Waals surface area contributed by atoms with E-state index in [1.165, 1.54) is 6.07 Å². The van der Waals surface area contributed by atoms with E-state index in [1.807, 2.05) is 6.07 Å². The van der Waals surface area contributed by atoms with Crippen LogP contribution in [-0.4, -0.2) is 5.11 Å². The number of aromatic hydroxyl groups is 1. The topological polar surface area (TPSA) is 29.5 Å². The van der Waals surface area contributed by atoms with Crippen molar-refractivity contribution in [2.24, 2.45) is 0 Å². The Hall–Kier alpha value is -1.55. The van der Waals surface area contributed by atoms with Crippen molar-refractivity contribution in [2.45, 2.75) is 11.9 Å². The molecular weight excluding hydrogens is 299 g/mol. The number of halogens is 2. The van der Waals surface area contributed by atoms with Gasteiger partial charge in [0.1, 0.15) is 12.4 Å². The fraction of sp³-hybridized carbons (Fsp3) is 0.143. The second-order valence-electron chi connectivity index (χ2n) is 3.82. The molecule has 2 nitrogen and oxygen atoms in total. The van der Waals surface area contributed by atoms with Gasteiger partial charge in [-0.2, -0.15) is 0 Å². The Kier molecular flexibility index (Phi) is 4.20. The van der Waals surface area contributed by atoms with Crippen LogP contribution in [-0.2, 0) is 11.9 Å². The Bertz CT molecular complexity index is 543. The predicted molar refractivity (Wildman–Crippen MR) is 71.5 cm³/mol. The van der Waals surface area contributed by atoms with Gasteiger partial charge in [0.25, 0.3) is 0 Å². The zero-order valence-corrected chi connectivity index (χ0v) is 11.2. The van der Waals surface area contributed by atoms with Gasteiger partial charge in [-0.3, -0.25) is 0 Å². The van der Waals surface area contributed by atoms with Crippen molar-refractivity contribution in [1.29, 1.82) is 0 Å². The van der Waals surface area contributed by atoms with Gasteiger partial charge in [0.2, 0.25) is 0 Å². The first-order chi connectivity index (χ1) is 8.70. The summed E-state index contributed by atoms with van der Waals surface area (Å²) in [4.78, 5) is 0. The van der Waals surface area contributed by atoms with Crippen molar-refractivity contribution in [1.82, 2.24) is 0 Å². The van der Waals surface area contributed by atoms with Gasteiger partial charge in [-0.05, 0) is 23.8 Å². The van der Waals surface area contributed by atoms with E-state index in [1.54, 1.807) is 30.3 Å². The van der Waals surface area contributed by atoms with E-state index in [9.17, 15) is 9.50 Å². The minimum absolute atomic E-state index is 0.172. The molecule has 94 valence electrons. The third kappa shape index (κ3) is 3.01. The largest absolute Gasteiger partial charge is 0.508 e. The third-order valence-corrected chi connectivity index (χ3v) is 3.09. The van der Waals surface area contributed by atoms with Gasteiger partial charge < -0.3 is 9.84 Å². The third-order valence-electron chi connectivity index (χ3n) is 2.49. The zero-order chi connectivity index (χ0) is 13.0. The molecule has 0 radical (unpaired) electrons. The molecule has 18 heavy (non-hydrogen) atoms. The van der Waals surface area contributed by atoms with Gasteiger partial charge in [-0.25, -0.2) is 4.39 Å². The maximum Gasteiger partial charge on any atom is 0.165 e. The first-order valence-corrected chi connectivity index (χ1v) is 6.57. The summed E-state index contributed by atoms with van der Waals surface area (Å²) < 4.78 is 19.1. The van der Waals surface area contributed by atoms with E-state index in [0.717, 1.165) is 11.1 Å². The Morgan fingerprint density at radius 2 is 1.94 bits per heavy atom. The average molecular weight is 311 g/mol. The molecule has 2 rings (SSSR count). The Morgan fingerprint density at radius 3 is 2.67 bits per heavy atom. The molecule has 0 bridgehead atoms. The van der Waals surface area contributed by atoms with E-state index in [0.29, 0.717) is 5.33 Å². The summed E-state index contributed by atoms with van der Waals surface area (Å²) in [7, 11) is 0. The molecule has 0 aromatic heterocycles. The minimum atomic E-state index is -0.382. The zero-order valence-electron chi connectivity index (χ0n) is 9.57. The second-order valence-corrected chi connectivity index (χ2v) is 4.38. The first-order valence-electron chi connectivity index (χ1n) is 5.45. The minimum Gasteiger partial charge on any atom is -0.508 e. The number of para-hydroxylation sites is 1. The summed E-state index contributed by atoms with van der Waals surface area (Å²) in [5.74, 6) is 0.0372. The first kappa shape index (κ1) is 12.9. The molecule has 2 aromatic carbocycles. The second kappa shape index (κ2) is 5.87. The highest BCUT2D eigenvalue weighted by Gasteiger charge is 2.09. The quantitative estimate of drug-likeness (QED) is 0.865. The van der Waals surface area contributed by atoms with Crippen LogP contribution in [0.25, 0.3) is 0 Å². The lowest BCUT2D eigenvalue weighted by molar-refractivity contribution is 0.287. The maximum atomic E-state index is 13.6. The molecule has 0 spiro atoms. The van der Waals surface area contributed by atoms with Gasteiger partial charge in [0, 0.05) is 10.9 Å². The molecule has 4 heteroatoms. The number of hydrogen-bond donors (Lipinski definition) is 1. The van der Waals surface area contributed by atoms with Crippen LogP contribution in [0.1, 0.15) is 11.1 Å². The van der Waals surface area contributed by atoms with E-state index >= 15 is 0 Å². The van der Waals surface area contributed by atoms with Gasteiger partial charge in [0.05, 0.1) is 0 Å². The summed E-state index contributed by atoms with van der Waals surface area (Å²) in [5.41, 5.74) is 1.55. The van der Waals surface area contributed by atoms with E-state index < -0.39 is 0 Å². The smallest absolute Gasteiger partial charge is 0.165 e. The van der Waals surface area contributed by atoms with Crippen LogP contribution in [0.4, 0.5) is 4.39 Å². The van der Waals surface area contributed by atoms with Crippen LogP contribution in [0.5, 0.6) is 11.5 Å². The van der Waals surface area contributed by atoms with Gasteiger partial charge >= 0.3 is 0 Å². The van der Waals surface area contributed by atoms with Crippen molar-refractivity contribution < 1.29 is 14.2 Å². The summed E-state index contributed by atoms with van der Waals surface area (Å²) in [6, 6.07) is 11.5. The van der Waals surface area contributed by atoms with Crippen LogP contribution < -0.4 is 4.74 Å². The van der Waals surface area contributed by atoms with Crippen molar-refractivity contribution in [2.75, 3.05) is 0 Å². The molecule has 0 heterocycles. The molecule has 0 aliphatic rings. The standard InChI is InChI=1S/C14H12BrFO2/c15-8-11-4-2-6-13(16)14(11)18-9-10-3-1-5-12(17)7-10/h1-7,17H,8-9H2. The lowest BCUT2D eigenvalue weighted by atomic mass is 10.2. The molecule has 0 aliphatic carbocycles. The fourth-order valence-electron chi connectivity index (χ4n) is 1.62. The summed E-state index contributed by atoms with van der Waals surface area (Å²) >= 11 is 3.29. The molecule has 0 amide bonds. The van der Waals surface area contributed by atoms with Gasteiger partial charge in [-0.15, -0.1) is 0 Å². The van der Waals surface area contributed by atoms with Crippen LogP contribution in [0, 0.1) is 5.82 Å². The molecule has 0 fully saturated rings. The number of alkyl halides is 1. The number of ether oxygens (including phenoxy) is 1. The lowest BCUT2D eigenvalue weighted by Gasteiger charge is -2.11. The summed E-state index contributed by atoms with van der Waals surface area (Å²) in [5, 5.41) is 9.86. The van der Waals surface area contributed by atoms with Crippen LogP contribution in [0.15, 0.2) is 42.5 Å². The summed E-state index contributed by atoms with van der Waals surface area (Å²) in [6.45, 7) is 0.218. The number of phenols is 1. The molecule has 2 aromatic rings. The molecule has 0 aliphatic heterocycles. The van der Waals surface area contributed by atoms with E-state index in [-0.39, 0.29) is 23.9 Å². The van der Waals surface area contributed by atoms with Gasteiger partial charge in [-0.1, -0.05) is 40.2 Å². The Labute approximate surface area is 113 Å². The molecule has 0 saturated heterocycles. The molecule has 0 saturated carbocycles. The fourth-order valence-corrected chi connectivity index (χ4v) is 2.06. The van der Waals surface area contributed by atoms with Crippen molar-refractivity contribution in [3.05, 3.63) is 59.4 Å². The van der Waals surface area contributed by atoms with Crippen LogP contribution in [0.3, 0.4) is 0 Å². The molecule has 1 N–H and O–H groups in total. The van der Waals surface area contributed by atoms with Crippen molar-refractivity contribution in [3.8, 4) is 11.5 Å².